The summed E-state index contributed by atoms with van der Waals surface area (Å²) in [6, 6.07) is 6.61. The third-order valence-electron chi connectivity index (χ3n) is 3.79. The van der Waals surface area contributed by atoms with E-state index in [4.69, 9.17) is 5.73 Å². The number of benzene rings is 1. The van der Waals surface area contributed by atoms with Gasteiger partial charge in [-0.25, -0.2) is 13.1 Å². The van der Waals surface area contributed by atoms with E-state index in [-0.39, 0.29) is 16.4 Å². The van der Waals surface area contributed by atoms with Crippen molar-refractivity contribution >= 4 is 10.0 Å². The summed E-state index contributed by atoms with van der Waals surface area (Å²) in [7, 11) is -3.45. The van der Waals surface area contributed by atoms with E-state index >= 15 is 0 Å². The molecule has 0 amide bonds. The van der Waals surface area contributed by atoms with Gasteiger partial charge in [-0.3, -0.25) is 0 Å². The van der Waals surface area contributed by atoms with Crippen LogP contribution in [0.5, 0.6) is 0 Å². The Morgan fingerprint density at radius 2 is 2.00 bits per heavy atom. The van der Waals surface area contributed by atoms with E-state index in [9.17, 15) is 8.42 Å². The van der Waals surface area contributed by atoms with Crippen molar-refractivity contribution in [1.82, 2.24) is 4.72 Å². The fourth-order valence-corrected chi connectivity index (χ4v) is 3.97. The molecule has 0 aromatic heterocycles. The molecule has 1 aromatic carbocycles. The molecule has 1 aromatic rings. The number of hydrogen-bond acceptors (Lipinski definition) is 3. The molecule has 1 aliphatic rings. The standard InChI is InChI=1S/C16H22N2O2S/c1-16(2)10-9-14(12-16)18-21(19,20)15-7-5-13(6-8-15)4-3-11-17/h5-8,14,18H,9-12,17H2,1-2H3. The Balaban J connectivity index is 2.09. The van der Waals surface area contributed by atoms with E-state index in [0.717, 1.165) is 24.8 Å². The van der Waals surface area contributed by atoms with Crippen LogP contribution >= 0.6 is 0 Å². The zero-order chi connectivity index (χ0) is 15.5. The van der Waals surface area contributed by atoms with Crippen LogP contribution in [0.2, 0.25) is 0 Å². The average Bonchev–Trinajstić information content (AvgIpc) is 2.75. The average molecular weight is 306 g/mol. The minimum absolute atomic E-state index is 0.0294. The van der Waals surface area contributed by atoms with Crippen LogP contribution in [-0.4, -0.2) is 21.0 Å². The SMILES string of the molecule is CC1(C)CCC(NS(=O)(=O)c2ccc(C#CCN)cc2)C1. The molecule has 0 radical (unpaired) electrons. The predicted molar refractivity (Wildman–Crippen MR) is 84.1 cm³/mol. The van der Waals surface area contributed by atoms with Gasteiger partial charge in [0.15, 0.2) is 0 Å². The van der Waals surface area contributed by atoms with Crippen molar-refractivity contribution in [2.75, 3.05) is 6.54 Å². The molecule has 2 rings (SSSR count). The van der Waals surface area contributed by atoms with Crippen LogP contribution in [0.15, 0.2) is 29.2 Å². The summed E-state index contributed by atoms with van der Waals surface area (Å²) < 4.78 is 27.5. The van der Waals surface area contributed by atoms with Crippen molar-refractivity contribution in [2.45, 2.75) is 44.0 Å². The Kier molecular flexibility index (Phi) is 4.72. The Morgan fingerprint density at radius 3 is 2.52 bits per heavy atom. The van der Waals surface area contributed by atoms with Gasteiger partial charge in [-0.1, -0.05) is 25.7 Å². The third kappa shape index (κ3) is 4.31. The monoisotopic (exact) mass is 306 g/mol. The molecule has 0 heterocycles. The molecular weight excluding hydrogens is 284 g/mol. The van der Waals surface area contributed by atoms with Crippen molar-refractivity contribution in [3.05, 3.63) is 29.8 Å². The largest absolute Gasteiger partial charge is 0.320 e. The fraction of sp³-hybridized carbons (Fsp3) is 0.500. The van der Waals surface area contributed by atoms with Crippen molar-refractivity contribution in [1.29, 1.82) is 0 Å². The molecule has 4 nitrogen and oxygen atoms in total. The lowest BCUT2D eigenvalue weighted by Crippen LogP contribution is -2.33. The summed E-state index contributed by atoms with van der Waals surface area (Å²) in [6.07, 6.45) is 2.83. The molecule has 1 atom stereocenters. The molecule has 1 saturated carbocycles. The van der Waals surface area contributed by atoms with Gasteiger partial charge < -0.3 is 5.73 Å². The Morgan fingerprint density at radius 1 is 1.33 bits per heavy atom. The molecule has 0 bridgehead atoms. The second kappa shape index (κ2) is 6.18. The maximum atomic E-state index is 12.4. The van der Waals surface area contributed by atoms with Crippen molar-refractivity contribution in [3.8, 4) is 11.8 Å². The van der Waals surface area contributed by atoms with Crippen LogP contribution in [0.1, 0.15) is 38.7 Å². The lowest BCUT2D eigenvalue weighted by molar-refractivity contribution is 0.372. The zero-order valence-electron chi connectivity index (χ0n) is 12.5. The van der Waals surface area contributed by atoms with Gasteiger partial charge in [-0.2, -0.15) is 0 Å². The second-order valence-corrected chi connectivity index (χ2v) is 7.97. The maximum Gasteiger partial charge on any atom is 0.240 e. The molecule has 0 saturated heterocycles. The van der Waals surface area contributed by atoms with Crippen molar-refractivity contribution < 1.29 is 8.42 Å². The summed E-state index contributed by atoms with van der Waals surface area (Å²) >= 11 is 0. The van der Waals surface area contributed by atoms with E-state index in [0.29, 0.717) is 6.54 Å². The highest BCUT2D eigenvalue weighted by Crippen LogP contribution is 2.37. The lowest BCUT2D eigenvalue weighted by atomic mass is 9.92. The van der Waals surface area contributed by atoms with E-state index in [1.165, 1.54) is 0 Å². The van der Waals surface area contributed by atoms with Crippen LogP contribution in [-0.2, 0) is 10.0 Å². The van der Waals surface area contributed by atoms with Gasteiger partial charge in [0, 0.05) is 11.6 Å². The number of sulfonamides is 1. The van der Waals surface area contributed by atoms with E-state index < -0.39 is 10.0 Å². The number of hydrogen-bond donors (Lipinski definition) is 2. The van der Waals surface area contributed by atoms with Gasteiger partial charge in [-0.15, -0.1) is 0 Å². The first-order valence-electron chi connectivity index (χ1n) is 7.14. The molecule has 1 fully saturated rings. The number of rotatable bonds is 3. The zero-order valence-corrected chi connectivity index (χ0v) is 13.3. The lowest BCUT2D eigenvalue weighted by Gasteiger charge is -2.18. The first-order valence-corrected chi connectivity index (χ1v) is 8.62. The highest BCUT2D eigenvalue weighted by atomic mass is 32.2. The molecule has 5 heteroatoms. The minimum atomic E-state index is -3.45. The molecule has 1 unspecified atom stereocenters. The highest BCUT2D eigenvalue weighted by molar-refractivity contribution is 7.89. The quantitative estimate of drug-likeness (QED) is 0.837. The van der Waals surface area contributed by atoms with Gasteiger partial charge in [0.05, 0.1) is 11.4 Å². The summed E-state index contributed by atoms with van der Waals surface area (Å²) in [4.78, 5) is 0.283. The fourth-order valence-electron chi connectivity index (χ4n) is 2.69. The second-order valence-electron chi connectivity index (χ2n) is 6.26. The third-order valence-corrected chi connectivity index (χ3v) is 5.33. The normalized spacial score (nSPS) is 20.8. The highest BCUT2D eigenvalue weighted by Gasteiger charge is 2.33. The van der Waals surface area contributed by atoms with Crippen LogP contribution in [0.25, 0.3) is 0 Å². The molecule has 0 spiro atoms. The van der Waals surface area contributed by atoms with Gasteiger partial charge in [-0.05, 0) is 48.9 Å². The first kappa shape index (κ1) is 16.0. The summed E-state index contributed by atoms with van der Waals surface area (Å²) in [5.41, 5.74) is 6.29. The Hall–Kier alpha value is -1.35. The van der Waals surface area contributed by atoms with Gasteiger partial charge >= 0.3 is 0 Å². The van der Waals surface area contributed by atoms with Gasteiger partial charge in [0.1, 0.15) is 0 Å². The number of nitrogens with two attached hydrogens (primary N) is 1. The van der Waals surface area contributed by atoms with E-state index in [1.54, 1.807) is 24.3 Å². The smallest absolute Gasteiger partial charge is 0.240 e. The van der Waals surface area contributed by atoms with E-state index in [2.05, 4.69) is 30.4 Å². The minimum Gasteiger partial charge on any atom is -0.320 e. The van der Waals surface area contributed by atoms with Crippen molar-refractivity contribution in [3.63, 3.8) is 0 Å². The molecule has 114 valence electrons. The summed E-state index contributed by atoms with van der Waals surface area (Å²) in [5.74, 6) is 5.62. The molecule has 3 N–H and O–H groups in total. The van der Waals surface area contributed by atoms with Gasteiger partial charge in [0.25, 0.3) is 0 Å². The molecule has 21 heavy (non-hydrogen) atoms. The molecule has 1 aliphatic carbocycles. The van der Waals surface area contributed by atoms with Crippen molar-refractivity contribution in [2.24, 2.45) is 11.1 Å². The topological polar surface area (TPSA) is 72.2 Å². The van der Waals surface area contributed by atoms with Crippen LogP contribution in [0.4, 0.5) is 0 Å². The Bertz CT molecular complexity index is 652. The molecular formula is C16H22N2O2S. The van der Waals surface area contributed by atoms with E-state index in [1.807, 2.05) is 0 Å². The molecule has 0 aliphatic heterocycles. The van der Waals surface area contributed by atoms with Gasteiger partial charge in [0.2, 0.25) is 10.0 Å². The van der Waals surface area contributed by atoms with Crippen LogP contribution in [0.3, 0.4) is 0 Å². The summed E-state index contributed by atoms with van der Waals surface area (Å²) in [6.45, 7) is 4.64. The number of nitrogens with one attached hydrogen (secondary N) is 1. The van der Waals surface area contributed by atoms with Crippen LogP contribution in [0, 0.1) is 17.3 Å². The first-order chi connectivity index (χ1) is 9.82. The summed E-state index contributed by atoms with van der Waals surface area (Å²) in [5, 5.41) is 0. The maximum absolute atomic E-state index is 12.4. The van der Waals surface area contributed by atoms with Crippen LogP contribution < -0.4 is 10.5 Å². The Labute approximate surface area is 127 Å². The predicted octanol–water partition coefficient (Wildman–Crippen LogP) is 1.85.